The molecule has 3 atom stereocenters. The fraction of sp³-hybridized carbons (Fsp3) is 0.294. The number of rotatable bonds is 4. The Labute approximate surface area is 144 Å². The molecule has 126 valence electrons. The molecule has 0 aromatic heterocycles. The maximum absolute atomic E-state index is 11.1. The maximum atomic E-state index is 11.1. The molecule has 0 unspecified atom stereocenters. The van der Waals surface area contributed by atoms with Crippen LogP contribution in [0.25, 0.3) is 0 Å². The molecule has 1 aliphatic heterocycles. The van der Waals surface area contributed by atoms with E-state index in [1.807, 2.05) is 12.1 Å². The molecular weight excluding hydrogens is 334 g/mol. The lowest BCUT2D eigenvalue weighted by molar-refractivity contribution is -0.385. The minimum atomic E-state index is -0.579. The molecule has 6 nitrogen and oxygen atoms in total. The first kappa shape index (κ1) is 16.7. The normalized spacial score (nSPS) is 22.5. The van der Waals surface area contributed by atoms with Crippen LogP contribution in [0, 0.1) is 10.1 Å². The Hall–Kier alpha value is -2.15. The van der Waals surface area contributed by atoms with Crippen molar-refractivity contribution in [3.63, 3.8) is 0 Å². The molecule has 24 heavy (non-hydrogen) atoms. The van der Waals surface area contributed by atoms with Gasteiger partial charge in [0.15, 0.2) is 0 Å². The van der Waals surface area contributed by atoms with Crippen LogP contribution in [0.15, 0.2) is 42.5 Å². The van der Waals surface area contributed by atoms with Crippen LogP contribution in [0.2, 0.25) is 5.02 Å². The third kappa shape index (κ3) is 2.96. The summed E-state index contributed by atoms with van der Waals surface area (Å²) in [6, 6.07) is 11.8. The fourth-order valence-corrected chi connectivity index (χ4v) is 3.12. The van der Waals surface area contributed by atoms with Gasteiger partial charge in [0.05, 0.1) is 16.9 Å². The molecule has 7 heteroatoms. The van der Waals surface area contributed by atoms with Crippen LogP contribution in [-0.4, -0.2) is 25.4 Å². The highest BCUT2D eigenvalue weighted by Gasteiger charge is 2.40. The van der Waals surface area contributed by atoms with Crippen LogP contribution in [0.4, 0.5) is 5.69 Å². The number of nitrogens with zero attached hydrogens (tertiary/aromatic N) is 1. The van der Waals surface area contributed by atoms with Gasteiger partial charge in [-0.1, -0.05) is 23.7 Å². The molecule has 2 aromatic rings. The van der Waals surface area contributed by atoms with Gasteiger partial charge in [-0.05, 0) is 23.8 Å². The van der Waals surface area contributed by atoms with Crippen LogP contribution >= 0.6 is 11.6 Å². The maximum Gasteiger partial charge on any atom is 0.270 e. The average molecular weight is 350 g/mol. The van der Waals surface area contributed by atoms with E-state index in [2.05, 4.69) is 0 Å². The number of benzene rings is 2. The van der Waals surface area contributed by atoms with E-state index in [9.17, 15) is 10.1 Å². The van der Waals surface area contributed by atoms with Crippen LogP contribution in [0.5, 0.6) is 5.75 Å². The van der Waals surface area contributed by atoms with Crippen molar-refractivity contribution in [1.82, 2.24) is 0 Å². The highest BCUT2D eigenvalue weighted by molar-refractivity contribution is 6.30. The van der Waals surface area contributed by atoms with Crippen LogP contribution in [0.1, 0.15) is 23.1 Å². The lowest BCUT2D eigenvalue weighted by atomic mass is 9.86. The smallest absolute Gasteiger partial charge is 0.270 e. The summed E-state index contributed by atoms with van der Waals surface area (Å²) in [5.41, 5.74) is 1.53. The number of fused-ring (bicyclic) bond motifs is 1. The molecule has 0 amide bonds. The van der Waals surface area contributed by atoms with E-state index < -0.39 is 17.3 Å². The summed E-state index contributed by atoms with van der Waals surface area (Å²) in [4.78, 5) is 10.6. The number of hydrogen-bond donors (Lipinski definition) is 0. The zero-order valence-corrected chi connectivity index (χ0v) is 13.9. The minimum Gasteiger partial charge on any atom is -0.464 e. The summed E-state index contributed by atoms with van der Waals surface area (Å²) in [6.07, 6.45) is -1.02. The topological polar surface area (TPSA) is 70.8 Å². The Kier molecular flexibility index (Phi) is 4.71. The third-order valence-electron chi connectivity index (χ3n) is 4.11. The highest BCUT2D eigenvalue weighted by Crippen LogP contribution is 2.47. The number of nitro benzene ring substituents is 1. The molecule has 1 aliphatic rings. The number of methoxy groups -OCH3 is 2. The van der Waals surface area contributed by atoms with Gasteiger partial charge < -0.3 is 14.2 Å². The van der Waals surface area contributed by atoms with Gasteiger partial charge in [0.1, 0.15) is 5.75 Å². The van der Waals surface area contributed by atoms with E-state index in [0.29, 0.717) is 16.3 Å². The van der Waals surface area contributed by atoms with E-state index in [0.717, 1.165) is 5.56 Å². The summed E-state index contributed by atoms with van der Waals surface area (Å²) >= 11 is 5.96. The quantitative estimate of drug-likeness (QED) is 0.614. The van der Waals surface area contributed by atoms with Gasteiger partial charge in [-0.2, -0.15) is 0 Å². The molecule has 0 saturated heterocycles. The summed E-state index contributed by atoms with van der Waals surface area (Å²) in [6.45, 7) is 0. The van der Waals surface area contributed by atoms with Crippen LogP contribution in [0.3, 0.4) is 0 Å². The molecule has 0 bridgehead atoms. The van der Waals surface area contributed by atoms with E-state index in [1.54, 1.807) is 32.4 Å². The van der Waals surface area contributed by atoms with Gasteiger partial charge in [0.25, 0.3) is 5.69 Å². The third-order valence-corrected chi connectivity index (χ3v) is 4.37. The number of ether oxygens (including phenoxy) is 3. The summed E-state index contributed by atoms with van der Waals surface area (Å²) in [7, 11) is 3.12. The Morgan fingerprint density at radius 3 is 2.42 bits per heavy atom. The van der Waals surface area contributed by atoms with Gasteiger partial charge in [-0.15, -0.1) is 0 Å². The SMILES string of the molecule is CO[C@@H]1Oc2ccc([N+](=O)[O-])cc2[C@@H](OC)[C@H]1c1ccc(Cl)cc1. The first-order valence-corrected chi connectivity index (χ1v) is 7.69. The lowest BCUT2D eigenvalue weighted by Crippen LogP contribution is -2.36. The number of nitro groups is 1. The van der Waals surface area contributed by atoms with E-state index in [-0.39, 0.29) is 11.6 Å². The Morgan fingerprint density at radius 2 is 1.83 bits per heavy atom. The minimum absolute atomic E-state index is 0.00915. The van der Waals surface area contributed by atoms with Gasteiger partial charge >= 0.3 is 0 Å². The predicted molar refractivity (Wildman–Crippen MR) is 88.5 cm³/mol. The Bertz CT molecular complexity index is 749. The number of halogens is 1. The van der Waals surface area contributed by atoms with Crippen molar-refractivity contribution in [2.24, 2.45) is 0 Å². The molecule has 1 heterocycles. The first-order valence-electron chi connectivity index (χ1n) is 7.31. The standard InChI is InChI=1S/C17H16ClNO5/c1-22-16-13-9-12(19(20)21)7-8-14(13)24-17(23-2)15(16)10-3-5-11(18)6-4-10/h3-9,15-17H,1-2H3/t15-,16-,17-/m1/s1. The van der Waals surface area contributed by atoms with E-state index >= 15 is 0 Å². The first-order chi connectivity index (χ1) is 11.5. The van der Waals surface area contributed by atoms with Crippen molar-refractivity contribution < 1.29 is 19.1 Å². The molecule has 0 aliphatic carbocycles. The van der Waals surface area contributed by atoms with Crippen molar-refractivity contribution >= 4 is 17.3 Å². The number of non-ortho nitro benzene ring substituents is 1. The Balaban J connectivity index is 2.09. The van der Waals surface area contributed by atoms with Crippen molar-refractivity contribution in [3.8, 4) is 5.75 Å². The molecular formula is C17H16ClNO5. The monoisotopic (exact) mass is 349 g/mol. The molecule has 3 rings (SSSR count). The summed E-state index contributed by atoms with van der Waals surface area (Å²) < 4.78 is 17.0. The van der Waals surface area contributed by atoms with Gasteiger partial charge in [0, 0.05) is 36.9 Å². The second-order valence-corrected chi connectivity index (χ2v) is 5.87. The van der Waals surface area contributed by atoms with Gasteiger partial charge in [-0.25, -0.2) is 0 Å². The molecule has 0 radical (unpaired) electrons. The molecule has 0 N–H and O–H groups in total. The second-order valence-electron chi connectivity index (χ2n) is 5.43. The highest BCUT2D eigenvalue weighted by atomic mass is 35.5. The average Bonchev–Trinajstić information content (AvgIpc) is 2.60. The number of hydrogen-bond acceptors (Lipinski definition) is 5. The molecule has 0 saturated carbocycles. The van der Waals surface area contributed by atoms with Gasteiger partial charge in [0.2, 0.25) is 6.29 Å². The second kappa shape index (κ2) is 6.76. The van der Waals surface area contributed by atoms with Crippen LogP contribution < -0.4 is 4.74 Å². The molecule has 0 spiro atoms. The van der Waals surface area contributed by atoms with E-state index in [1.165, 1.54) is 12.1 Å². The summed E-state index contributed by atoms with van der Waals surface area (Å²) in [5, 5.41) is 11.7. The Morgan fingerprint density at radius 1 is 1.12 bits per heavy atom. The zero-order chi connectivity index (χ0) is 17.3. The predicted octanol–water partition coefficient (Wildman–Crippen LogP) is 4.08. The summed E-state index contributed by atoms with van der Waals surface area (Å²) in [5.74, 6) is 0.233. The van der Waals surface area contributed by atoms with Crippen molar-refractivity contribution in [2.75, 3.05) is 14.2 Å². The largest absolute Gasteiger partial charge is 0.464 e. The zero-order valence-electron chi connectivity index (χ0n) is 13.1. The van der Waals surface area contributed by atoms with Crippen LogP contribution in [-0.2, 0) is 9.47 Å². The van der Waals surface area contributed by atoms with Crippen molar-refractivity contribution in [2.45, 2.75) is 18.3 Å². The molecule has 2 aromatic carbocycles. The fourth-order valence-electron chi connectivity index (χ4n) is 3.00. The van der Waals surface area contributed by atoms with Crippen molar-refractivity contribution in [1.29, 1.82) is 0 Å². The van der Waals surface area contributed by atoms with E-state index in [4.69, 9.17) is 25.8 Å². The van der Waals surface area contributed by atoms with Crippen molar-refractivity contribution in [3.05, 3.63) is 68.7 Å². The lowest BCUT2D eigenvalue weighted by Gasteiger charge is -2.38. The molecule has 0 fully saturated rings. The van der Waals surface area contributed by atoms with Gasteiger partial charge in [-0.3, -0.25) is 10.1 Å².